The van der Waals surface area contributed by atoms with Crippen LogP contribution in [0.3, 0.4) is 0 Å². The smallest absolute Gasteiger partial charge is 0.225 e. The molecule has 0 bridgehead atoms. The Morgan fingerprint density at radius 2 is 2.12 bits per heavy atom. The average Bonchev–Trinajstić information content (AvgIpc) is 2.36. The van der Waals surface area contributed by atoms with Gasteiger partial charge in [-0.2, -0.15) is 0 Å². The van der Waals surface area contributed by atoms with E-state index >= 15 is 0 Å². The molecule has 2 unspecified atom stereocenters. The first-order valence-electron chi connectivity index (χ1n) is 7.03. The predicted octanol–water partition coefficient (Wildman–Crippen LogP) is 2.32. The molecule has 0 aromatic carbocycles. The Morgan fingerprint density at radius 1 is 1.41 bits per heavy atom. The van der Waals surface area contributed by atoms with E-state index in [-0.39, 0.29) is 11.3 Å². The maximum atomic E-state index is 12.0. The van der Waals surface area contributed by atoms with Gasteiger partial charge in [0.1, 0.15) is 0 Å². The summed E-state index contributed by atoms with van der Waals surface area (Å²) in [5, 5.41) is 6.64. The van der Waals surface area contributed by atoms with Crippen LogP contribution in [0.1, 0.15) is 53.4 Å². The highest BCUT2D eigenvalue weighted by Crippen LogP contribution is 2.21. The molecule has 1 amide bonds. The monoisotopic (exact) mass is 240 g/mol. The molecule has 0 aromatic heterocycles. The molecule has 1 aliphatic rings. The van der Waals surface area contributed by atoms with E-state index < -0.39 is 0 Å². The number of carbonyl (C=O) groups excluding carboxylic acids is 1. The molecule has 2 N–H and O–H groups in total. The first-order chi connectivity index (χ1) is 8.01. The minimum atomic E-state index is -0.240. The van der Waals surface area contributed by atoms with Crippen LogP contribution < -0.4 is 10.6 Å². The summed E-state index contributed by atoms with van der Waals surface area (Å²) in [6.07, 6.45) is 4.64. The van der Waals surface area contributed by atoms with Crippen LogP contribution >= 0.6 is 0 Å². The molecule has 3 nitrogen and oxygen atoms in total. The second kappa shape index (κ2) is 6.39. The summed E-state index contributed by atoms with van der Waals surface area (Å²) >= 11 is 0. The molecule has 1 rings (SSSR count). The number of nitrogens with one attached hydrogen (secondary N) is 2. The number of hydrogen-bond acceptors (Lipinski definition) is 2. The third-order valence-electron chi connectivity index (χ3n) is 4.23. The van der Waals surface area contributed by atoms with E-state index in [4.69, 9.17) is 0 Å². The first-order valence-corrected chi connectivity index (χ1v) is 7.03. The SMILES string of the molecule is CCC1CCCNC1CNC(=O)C(C)(C)CC. The van der Waals surface area contributed by atoms with Gasteiger partial charge in [0, 0.05) is 18.0 Å². The van der Waals surface area contributed by atoms with Gasteiger partial charge in [-0.3, -0.25) is 4.79 Å². The van der Waals surface area contributed by atoms with Gasteiger partial charge in [-0.25, -0.2) is 0 Å². The van der Waals surface area contributed by atoms with Crippen LogP contribution in [0.2, 0.25) is 0 Å². The summed E-state index contributed by atoms with van der Waals surface area (Å²) in [4.78, 5) is 12.0. The molecule has 0 radical (unpaired) electrons. The van der Waals surface area contributed by atoms with Crippen LogP contribution in [0.25, 0.3) is 0 Å². The topological polar surface area (TPSA) is 41.1 Å². The van der Waals surface area contributed by atoms with E-state index in [0.717, 1.165) is 19.5 Å². The summed E-state index contributed by atoms with van der Waals surface area (Å²) in [5.74, 6) is 0.899. The lowest BCUT2D eigenvalue weighted by molar-refractivity contribution is -0.129. The van der Waals surface area contributed by atoms with Gasteiger partial charge in [0.05, 0.1) is 0 Å². The number of carbonyl (C=O) groups is 1. The van der Waals surface area contributed by atoms with E-state index in [0.29, 0.717) is 12.0 Å². The third-order valence-corrected chi connectivity index (χ3v) is 4.23. The molecule has 0 saturated carbocycles. The Hall–Kier alpha value is -0.570. The summed E-state index contributed by atoms with van der Waals surface area (Å²) in [5.41, 5.74) is -0.240. The van der Waals surface area contributed by atoms with Crippen molar-refractivity contribution in [3.63, 3.8) is 0 Å². The second-order valence-electron chi connectivity index (χ2n) is 5.82. The Kier molecular flexibility index (Phi) is 5.44. The molecule has 100 valence electrons. The molecule has 1 fully saturated rings. The van der Waals surface area contributed by atoms with Gasteiger partial charge in [0.25, 0.3) is 0 Å². The van der Waals surface area contributed by atoms with E-state index in [1.807, 2.05) is 13.8 Å². The van der Waals surface area contributed by atoms with Crippen molar-refractivity contribution in [3.05, 3.63) is 0 Å². The van der Waals surface area contributed by atoms with E-state index in [1.54, 1.807) is 0 Å². The van der Waals surface area contributed by atoms with Crippen molar-refractivity contribution in [3.8, 4) is 0 Å². The Labute approximate surface area is 106 Å². The highest BCUT2D eigenvalue weighted by Gasteiger charge is 2.28. The molecule has 0 aliphatic carbocycles. The standard InChI is InChI=1S/C14H28N2O/c1-5-11-8-7-9-15-12(11)10-16-13(17)14(3,4)6-2/h11-12,15H,5-10H2,1-4H3,(H,16,17). The average molecular weight is 240 g/mol. The quantitative estimate of drug-likeness (QED) is 0.774. The Balaban J connectivity index is 2.41. The zero-order chi connectivity index (χ0) is 12.9. The van der Waals surface area contributed by atoms with E-state index in [1.165, 1.54) is 19.3 Å². The van der Waals surface area contributed by atoms with Gasteiger partial charge < -0.3 is 10.6 Å². The number of rotatable bonds is 5. The van der Waals surface area contributed by atoms with Crippen molar-refractivity contribution in [2.45, 2.75) is 59.4 Å². The Morgan fingerprint density at radius 3 is 2.71 bits per heavy atom. The zero-order valence-corrected chi connectivity index (χ0v) is 11.8. The van der Waals surface area contributed by atoms with Gasteiger partial charge in [0.15, 0.2) is 0 Å². The van der Waals surface area contributed by atoms with Crippen LogP contribution in [0.15, 0.2) is 0 Å². The number of piperidine rings is 1. The summed E-state index contributed by atoms with van der Waals surface area (Å²) in [7, 11) is 0. The van der Waals surface area contributed by atoms with Gasteiger partial charge in [-0.15, -0.1) is 0 Å². The molecular weight excluding hydrogens is 212 g/mol. The molecule has 0 spiro atoms. The van der Waals surface area contributed by atoms with Gasteiger partial charge in [-0.1, -0.05) is 34.1 Å². The van der Waals surface area contributed by atoms with Crippen LogP contribution in [0.4, 0.5) is 0 Å². The van der Waals surface area contributed by atoms with E-state index in [9.17, 15) is 4.79 Å². The fraction of sp³-hybridized carbons (Fsp3) is 0.929. The highest BCUT2D eigenvalue weighted by atomic mass is 16.2. The largest absolute Gasteiger partial charge is 0.354 e. The molecule has 2 atom stereocenters. The minimum Gasteiger partial charge on any atom is -0.354 e. The maximum Gasteiger partial charge on any atom is 0.225 e. The van der Waals surface area contributed by atoms with Crippen LogP contribution in [0.5, 0.6) is 0 Å². The number of amides is 1. The lowest BCUT2D eigenvalue weighted by Gasteiger charge is -2.33. The van der Waals surface area contributed by atoms with Crippen LogP contribution in [0, 0.1) is 11.3 Å². The van der Waals surface area contributed by atoms with Crippen molar-refractivity contribution >= 4 is 5.91 Å². The van der Waals surface area contributed by atoms with Gasteiger partial charge >= 0.3 is 0 Å². The molecule has 0 aromatic rings. The highest BCUT2D eigenvalue weighted by molar-refractivity contribution is 5.81. The molecule has 1 aliphatic heterocycles. The normalized spacial score (nSPS) is 25.6. The zero-order valence-electron chi connectivity index (χ0n) is 11.8. The molecule has 1 saturated heterocycles. The fourth-order valence-corrected chi connectivity index (χ4v) is 2.35. The van der Waals surface area contributed by atoms with Crippen molar-refractivity contribution < 1.29 is 4.79 Å². The lowest BCUT2D eigenvalue weighted by atomic mass is 9.87. The van der Waals surface area contributed by atoms with Crippen molar-refractivity contribution in [2.75, 3.05) is 13.1 Å². The second-order valence-corrected chi connectivity index (χ2v) is 5.82. The molecular formula is C14H28N2O. The van der Waals surface area contributed by atoms with Gasteiger partial charge in [0.2, 0.25) is 5.91 Å². The van der Waals surface area contributed by atoms with Crippen LogP contribution in [-0.4, -0.2) is 25.0 Å². The summed E-state index contributed by atoms with van der Waals surface area (Å²) in [6.45, 7) is 10.2. The fourth-order valence-electron chi connectivity index (χ4n) is 2.35. The van der Waals surface area contributed by atoms with Crippen molar-refractivity contribution in [1.29, 1.82) is 0 Å². The lowest BCUT2D eigenvalue weighted by Crippen LogP contribution is -2.50. The molecule has 17 heavy (non-hydrogen) atoms. The summed E-state index contributed by atoms with van der Waals surface area (Å²) < 4.78 is 0. The maximum absolute atomic E-state index is 12.0. The molecule has 3 heteroatoms. The Bertz CT molecular complexity index is 251. The van der Waals surface area contributed by atoms with E-state index in [2.05, 4.69) is 24.5 Å². The summed E-state index contributed by atoms with van der Waals surface area (Å²) in [6, 6.07) is 0.463. The third kappa shape index (κ3) is 3.98. The van der Waals surface area contributed by atoms with Crippen molar-refractivity contribution in [2.24, 2.45) is 11.3 Å². The number of hydrogen-bond donors (Lipinski definition) is 2. The van der Waals surface area contributed by atoms with Gasteiger partial charge in [-0.05, 0) is 31.7 Å². The predicted molar refractivity (Wildman–Crippen MR) is 71.9 cm³/mol. The van der Waals surface area contributed by atoms with Crippen molar-refractivity contribution in [1.82, 2.24) is 10.6 Å². The molecule has 1 heterocycles. The van der Waals surface area contributed by atoms with Crippen LogP contribution in [-0.2, 0) is 4.79 Å². The first kappa shape index (κ1) is 14.5. The minimum absolute atomic E-state index is 0.183.